The Kier molecular flexibility index (Phi) is 7.19. The number of allylic oxidation sites excluding steroid dienone is 1. The van der Waals surface area contributed by atoms with Crippen molar-refractivity contribution in [2.24, 2.45) is 11.7 Å². The number of ether oxygens (including phenoxy) is 1. The molecule has 1 saturated heterocycles. The van der Waals surface area contributed by atoms with E-state index in [-0.39, 0.29) is 30.0 Å². The van der Waals surface area contributed by atoms with Gasteiger partial charge in [0.25, 0.3) is 0 Å². The molecule has 5 nitrogen and oxygen atoms in total. The number of aliphatic hydroxyl groups excluding tert-OH is 1. The molecule has 0 aliphatic carbocycles. The molecule has 0 saturated carbocycles. The Morgan fingerprint density at radius 1 is 1.55 bits per heavy atom. The maximum Gasteiger partial charge on any atom is 0.307 e. The molecule has 0 aromatic heterocycles. The molecule has 1 aliphatic rings. The first-order valence-electron chi connectivity index (χ1n) is 7.51. The second-order valence-electron chi connectivity index (χ2n) is 5.38. The van der Waals surface area contributed by atoms with Gasteiger partial charge >= 0.3 is 5.97 Å². The number of hydrogen-bond donors (Lipinski definition) is 3. The Labute approximate surface area is 121 Å². The molecule has 1 aliphatic heterocycles. The lowest BCUT2D eigenvalue weighted by Gasteiger charge is -2.27. The quantitative estimate of drug-likeness (QED) is 0.479. The van der Waals surface area contributed by atoms with Gasteiger partial charge in [-0.3, -0.25) is 4.79 Å². The molecule has 4 N–H and O–H groups in total. The normalized spacial score (nSPS) is 29.6. The Bertz CT molecular complexity index is 333. The average molecular weight is 284 g/mol. The molecule has 1 fully saturated rings. The fraction of sp³-hybridized carbons (Fsp3) is 0.800. The molecular formula is C15H28N2O3. The highest BCUT2D eigenvalue weighted by molar-refractivity contribution is 5.70. The van der Waals surface area contributed by atoms with E-state index >= 15 is 0 Å². The molecule has 1 heterocycles. The Morgan fingerprint density at radius 2 is 2.25 bits per heavy atom. The molecule has 0 bridgehead atoms. The van der Waals surface area contributed by atoms with Crippen molar-refractivity contribution in [2.45, 2.75) is 64.3 Å². The molecule has 5 heteroatoms. The van der Waals surface area contributed by atoms with Gasteiger partial charge in [-0.15, -0.1) is 0 Å². The van der Waals surface area contributed by atoms with Crippen molar-refractivity contribution >= 4 is 5.97 Å². The van der Waals surface area contributed by atoms with Crippen molar-refractivity contribution in [3.05, 3.63) is 12.2 Å². The summed E-state index contributed by atoms with van der Waals surface area (Å²) in [7, 11) is 0. The molecule has 20 heavy (non-hydrogen) atoms. The first kappa shape index (κ1) is 17.1. The van der Waals surface area contributed by atoms with Crippen LogP contribution in [0.4, 0.5) is 0 Å². The van der Waals surface area contributed by atoms with Crippen LogP contribution in [0.25, 0.3) is 0 Å². The van der Waals surface area contributed by atoms with Crippen LogP contribution in [0, 0.1) is 5.92 Å². The minimum atomic E-state index is -0.526. The topological polar surface area (TPSA) is 84.6 Å². The number of carbonyl (C=O) groups is 1. The van der Waals surface area contributed by atoms with Gasteiger partial charge in [-0.05, 0) is 32.6 Å². The number of rotatable bonds is 7. The predicted molar refractivity (Wildman–Crippen MR) is 79.2 cm³/mol. The van der Waals surface area contributed by atoms with Crippen molar-refractivity contribution in [3.63, 3.8) is 0 Å². The van der Waals surface area contributed by atoms with Gasteiger partial charge in [-0.1, -0.05) is 19.1 Å². The smallest absolute Gasteiger partial charge is 0.307 e. The van der Waals surface area contributed by atoms with Gasteiger partial charge in [0.2, 0.25) is 0 Å². The van der Waals surface area contributed by atoms with Crippen LogP contribution in [0.2, 0.25) is 0 Å². The lowest BCUT2D eigenvalue weighted by molar-refractivity contribution is -0.143. The van der Waals surface area contributed by atoms with Gasteiger partial charge in [0.05, 0.1) is 19.1 Å². The standard InChI is InChI=1S/C15H28N2O3/c1-4-7-10-8-11(9-13(19)20-6-3)17-15(10)14(16)12(18)5-2/h4,7,10-12,14-15,17-18H,5-6,8-9,16H2,1-3H3/b7-4-/t10?,11?,12-,14?,15?/m0/s1. The van der Waals surface area contributed by atoms with E-state index in [1.165, 1.54) is 0 Å². The zero-order valence-electron chi connectivity index (χ0n) is 12.7. The summed E-state index contributed by atoms with van der Waals surface area (Å²) in [6.07, 6.45) is 5.40. The molecule has 0 aromatic rings. The van der Waals surface area contributed by atoms with Crippen LogP contribution in [-0.4, -0.2) is 41.9 Å². The maximum absolute atomic E-state index is 11.6. The summed E-state index contributed by atoms with van der Waals surface area (Å²) in [5, 5.41) is 13.3. The number of nitrogens with two attached hydrogens (primary N) is 1. The summed E-state index contributed by atoms with van der Waals surface area (Å²) >= 11 is 0. The number of nitrogens with one attached hydrogen (secondary N) is 1. The first-order valence-corrected chi connectivity index (χ1v) is 7.51. The third kappa shape index (κ3) is 4.58. The van der Waals surface area contributed by atoms with Gasteiger partial charge in [0.1, 0.15) is 0 Å². The van der Waals surface area contributed by atoms with Crippen molar-refractivity contribution < 1.29 is 14.6 Å². The Balaban J connectivity index is 2.66. The second-order valence-corrected chi connectivity index (χ2v) is 5.38. The molecule has 116 valence electrons. The summed E-state index contributed by atoms with van der Waals surface area (Å²) in [6, 6.07) is -0.260. The van der Waals surface area contributed by atoms with Crippen molar-refractivity contribution in [1.82, 2.24) is 5.32 Å². The SMILES string of the molecule is C/C=C\C1CC(CC(=O)OCC)NC1C(N)[C@@H](O)CC. The van der Waals surface area contributed by atoms with E-state index in [2.05, 4.69) is 11.4 Å². The van der Waals surface area contributed by atoms with Crippen molar-refractivity contribution in [3.8, 4) is 0 Å². The summed E-state index contributed by atoms with van der Waals surface area (Å²) in [4.78, 5) is 11.6. The van der Waals surface area contributed by atoms with Gasteiger partial charge < -0.3 is 20.9 Å². The highest BCUT2D eigenvalue weighted by Gasteiger charge is 2.38. The molecule has 1 rings (SSSR count). The number of esters is 1. The monoisotopic (exact) mass is 284 g/mol. The zero-order chi connectivity index (χ0) is 15.1. The number of hydrogen-bond acceptors (Lipinski definition) is 5. The molecular weight excluding hydrogens is 256 g/mol. The molecule has 0 amide bonds. The fourth-order valence-corrected chi connectivity index (χ4v) is 2.86. The van der Waals surface area contributed by atoms with Crippen LogP contribution < -0.4 is 11.1 Å². The van der Waals surface area contributed by atoms with Gasteiger partial charge in [0, 0.05) is 18.1 Å². The van der Waals surface area contributed by atoms with Crippen LogP contribution in [0.3, 0.4) is 0 Å². The van der Waals surface area contributed by atoms with Crippen molar-refractivity contribution in [1.29, 1.82) is 0 Å². The summed E-state index contributed by atoms with van der Waals surface area (Å²) in [5.41, 5.74) is 6.14. The molecule has 4 unspecified atom stereocenters. The molecule has 0 aromatic carbocycles. The Hall–Kier alpha value is -0.910. The number of carbonyl (C=O) groups excluding carboxylic acids is 1. The van der Waals surface area contributed by atoms with Gasteiger partial charge in [-0.2, -0.15) is 0 Å². The zero-order valence-corrected chi connectivity index (χ0v) is 12.7. The highest BCUT2D eigenvalue weighted by atomic mass is 16.5. The lowest BCUT2D eigenvalue weighted by atomic mass is 9.90. The van der Waals surface area contributed by atoms with E-state index < -0.39 is 6.10 Å². The van der Waals surface area contributed by atoms with Crippen LogP contribution >= 0.6 is 0 Å². The summed E-state index contributed by atoms with van der Waals surface area (Å²) in [5.74, 6) is 0.0603. The van der Waals surface area contributed by atoms with Crippen LogP contribution in [0.1, 0.15) is 40.0 Å². The third-order valence-electron chi connectivity index (χ3n) is 3.88. The molecule has 0 spiro atoms. The highest BCUT2D eigenvalue weighted by Crippen LogP contribution is 2.27. The predicted octanol–water partition coefficient (Wildman–Crippen LogP) is 0.961. The van der Waals surface area contributed by atoms with Crippen LogP contribution in [-0.2, 0) is 9.53 Å². The van der Waals surface area contributed by atoms with Gasteiger partial charge in [0.15, 0.2) is 0 Å². The van der Waals surface area contributed by atoms with Crippen LogP contribution in [0.5, 0.6) is 0 Å². The molecule has 0 radical (unpaired) electrons. The van der Waals surface area contributed by atoms with E-state index in [1.807, 2.05) is 19.9 Å². The minimum absolute atomic E-state index is 0.000534. The van der Waals surface area contributed by atoms with E-state index in [1.54, 1.807) is 6.92 Å². The Morgan fingerprint density at radius 3 is 2.80 bits per heavy atom. The van der Waals surface area contributed by atoms with E-state index in [4.69, 9.17) is 10.5 Å². The third-order valence-corrected chi connectivity index (χ3v) is 3.88. The van der Waals surface area contributed by atoms with E-state index in [0.717, 1.165) is 6.42 Å². The van der Waals surface area contributed by atoms with Gasteiger partial charge in [-0.25, -0.2) is 0 Å². The second kappa shape index (κ2) is 8.39. The lowest BCUT2D eigenvalue weighted by Crippen LogP contribution is -2.52. The van der Waals surface area contributed by atoms with E-state index in [0.29, 0.717) is 19.4 Å². The largest absolute Gasteiger partial charge is 0.466 e. The van der Waals surface area contributed by atoms with Crippen molar-refractivity contribution in [2.75, 3.05) is 6.61 Å². The van der Waals surface area contributed by atoms with Crippen LogP contribution in [0.15, 0.2) is 12.2 Å². The summed E-state index contributed by atoms with van der Waals surface area (Å²) in [6.45, 7) is 6.10. The summed E-state index contributed by atoms with van der Waals surface area (Å²) < 4.78 is 4.99. The first-order chi connectivity index (χ1) is 9.53. The van der Waals surface area contributed by atoms with E-state index in [9.17, 15) is 9.90 Å². The number of aliphatic hydroxyl groups is 1. The minimum Gasteiger partial charge on any atom is -0.466 e. The fourth-order valence-electron chi connectivity index (χ4n) is 2.86. The molecule has 5 atom stereocenters. The maximum atomic E-state index is 11.6. The average Bonchev–Trinajstić information content (AvgIpc) is 2.80.